The Morgan fingerprint density at radius 1 is 1.22 bits per heavy atom. The van der Waals surface area contributed by atoms with Crippen molar-refractivity contribution in [3.05, 3.63) is 71.5 Å². The molecule has 5 heteroatoms. The molecule has 0 saturated heterocycles. The second-order valence-corrected chi connectivity index (χ2v) is 5.06. The molecule has 0 saturated carbocycles. The van der Waals surface area contributed by atoms with Crippen molar-refractivity contribution in [3.63, 3.8) is 0 Å². The minimum absolute atomic E-state index is 0.233. The highest BCUT2D eigenvalue weighted by Gasteiger charge is 2.12. The maximum Gasteiger partial charge on any atom is 0.277 e. The summed E-state index contributed by atoms with van der Waals surface area (Å²) in [4.78, 5) is 12.2. The first-order chi connectivity index (χ1) is 11.2. The molecule has 0 aliphatic heterocycles. The SMILES string of the molecule is C#Cc1cccc(NC(=O)c2cn(-c3ccc(C)cc3)nn2)c1. The Labute approximate surface area is 134 Å². The highest BCUT2D eigenvalue weighted by Crippen LogP contribution is 2.12. The van der Waals surface area contributed by atoms with E-state index in [0.717, 1.165) is 11.3 Å². The average Bonchev–Trinajstić information content (AvgIpc) is 3.06. The molecule has 23 heavy (non-hydrogen) atoms. The maximum absolute atomic E-state index is 12.2. The number of aryl methyl sites for hydroxylation is 1. The highest BCUT2D eigenvalue weighted by molar-refractivity contribution is 6.02. The van der Waals surface area contributed by atoms with Gasteiger partial charge in [0, 0.05) is 11.3 Å². The Morgan fingerprint density at radius 3 is 2.74 bits per heavy atom. The number of benzene rings is 2. The van der Waals surface area contributed by atoms with Gasteiger partial charge in [-0.05, 0) is 37.3 Å². The number of hydrogen-bond acceptors (Lipinski definition) is 3. The lowest BCUT2D eigenvalue weighted by molar-refractivity contribution is 0.102. The van der Waals surface area contributed by atoms with Gasteiger partial charge in [-0.3, -0.25) is 4.79 Å². The number of anilines is 1. The Morgan fingerprint density at radius 2 is 2.00 bits per heavy atom. The number of nitrogens with one attached hydrogen (secondary N) is 1. The summed E-state index contributed by atoms with van der Waals surface area (Å²) >= 11 is 0. The van der Waals surface area contributed by atoms with Crippen LogP contribution in [0.15, 0.2) is 54.7 Å². The van der Waals surface area contributed by atoms with E-state index in [2.05, 4.69) is 21.5 Å². The number of aromatic nitrogens is 3. The molecule has 0 aliphatic rings. The van der Waals surface area contributed by atoms with Crippen LogP contribution in [0, 0.1) is 19.3 Å². The molecule has 1 heterocycles. The van der Waals surface area contributed by atoms with Gasteiger partial charge in [-0.2, -0.15) is 0 Å². The van der Waals surface area contributed by atoms with Crippen LogP contribution in [0.25, 0.3) is 5.69 Å². The van der Waals surface area contributed by atoms with Crippen LogP contribution in [0.3, 0.4) is 0 Å². The number of carbonyl (C=O) groups is 1. The van der Waals surface area contributed by atoms with Crippen LogP contribution in [0.1, 0.15) is 21.6 Å². The lowest BCUT2D eigenvalue weighted by atomic mass is 10.2. The summed E-state index contributed by atoms with van der Waals surface area (Å²) in [6, 6.07) is 14.9. The van der Waals surface area contributed by atoms with Crippen LogP contribution in [-0.2, 0) is 0 Å². The molecule has 0 bridgehead atoms. The molecule has 112 valence electrons. The number of terminal acetylenes is 1. The molecule has 1 amide bonds. The van der Waals surface area contributed by atoms with Gasteiger partial charge in [0.2, 0.25) is 0 Å². The monoisotopic (exact) mass is 302 g/mol. The van der Waals surface area contributed by atoms with Crippen LogP contribution >= 0.6 is 0 Å². The van der Waals surface area contributed by atoms with E-state index in [-0.39, 0.29) is 11.6 Å². The molecule has 0 spiro atoms. The second-order valence-electron chi connectivity index (χ2n) is 5.06. The Kier molecular flexibility index (Phi) is 3.89. The number of carbonyl (C=O) groups excluding carboxylic acids is 1. The number of rotatable bonds is 3. The molecular weight excluding hydrogens is 288 g/mol. The Balaban J connectivity index is 1.78. The van der Waals surface area contributed by atoms with Crippen molar-refractivity contribution in [2.45, 2.75) is 6.92 Å². The zero-order valence-electron chi connectivity index (χ0n) is 12.5. The quantitative estimate of drug-likeness (QED) is 0.757. The van der Waals surface area contributed by atoms with Crippen molar-refractivity contribution >= 4 is 11.6 Å². The minimum atomic E-state index is -0.336. The third-order valence-corrected chi connectivity index (χ3v) is 3.31. The molecular formula is C18H14N4O. The smallest absolute Gasteiger partial charge is 0.277 e. The minimum Gasteiger partial charge on any atom is -0.321 e. The predicted octanol–water partition coefficient (Wildman–Crippen LogP) is 2.81. The third-order valence-electron chi connectivity index (χ3n) is 3.31. The average molecular weight is 302 g/mol. The van der Waals surface area contributed by atoms with Gasteiger partial charge in [0.15, 0.2) is 5.69 Å². The summed E-state index contributed by atoms with van der Waals surface area (Å²) in [5.41, 5.74) is 3.55. The van der Waals surface area contributed by atoms with Gasteiger partial charge in [0.1, 0.15) is 0 Å². The molecule has 3 aromatic rings. The number of nitrogens with zero attached hydrogens (tertiary/aromatic N) is 3. The Bertz CT molecular complexity index is 888. The zero-order valence-corrected chi connectivity index (χ0v) is 12.5. The van der Waals surface area contributed by atoms with Crippen molar-refractivity contribution < 1.29 is 4.79 Å². The summed E-state index contributed by atoms with van der Waals surface area (Å²) in [6.07, 6.45) is 6.94. The molecule has 3 rings (SSSR count). The van der Waals surface area contributed by atoms with Gasteiger partial charge in [0.25, 0.3) is 5.91 Å². The first-order valence-corrected chi connectivity index (χ1v) is 7.03. The van der Waals surface area contributed by atoms with E-state index in [9.17, 15) is 4.79 Å². The normalized spacial score (nSPS) is 10.1. The van der Waals surface area contributed by atoms with Gasteiger partial charge < -0.3 is 5.32 Å². The van der Waals surface area contributed by atoms with Crippen molar-refractivity contribution in [2.24, 2.45) is 0 Å². The summed E-state index contributed by atoms with van der Waals surface area (Å²) in [5, 5.41) is 10.7. The van der Waals surface area contributed by atoms with E-state index in [1.165, 1.54) is 0 Å². The fraction of sp³-hybridized carbons (Fsp3) is 0.0556. The predicted molar refractivity (Wildman–Crippen MR) is 88.4 cm³/mol. The van der Waals surface area contributed by atoms with Crippen LogP contribution < -0.4 is 5.32 Å². The number of amides is 1. The molecule has 0 radical (unpaired) electrons. The summed E-state index contributed by atoms with van der Waals surface area (Å²) in [6.45, 7) is 2.01. The van der Waals surface area contributed by atoms with Gasteiger partial charge in [-0.15, -0.1) is 11.5 Å². The summed E-state index contributed by atoms with van der Waals surface area (Å²) < 4.78 is 1.56. The van der Waals surface area contributed by atoms with Crippen molar-refractivity contribution in [1.29, 1.82) is 0 Å². The van der Waals surface area contributed by atoms with E-state index in [1.54, 1.807) is 35.1 Å². The van der Waals surface area contributed by atoms with Crippen LogP contribution in [0.4, 0.5) is 5.69 Å². The maximum atomic E-state index is 12.2. The van der Waals surface area contributed by atoms with Gasteiger partial charge in [-0.25, -0.2) is 4.68 Å². The molecule has 0 atom stereocenters. The third kappa shape index (κ3) is 3.27. The van der Waals surface area contributed by atoms with Crippen molar-refractivity contribution in [3.8, 4) is 18.0 Å². The van der Waals surface area contributed by atoms with Crippen LogP contribution in [-0.4, -0.2) is 20.9 Å². The van der Waals surface area contributed by atoms with Crippen molar-refractivity contribution in [1.82, 2.24) is 15.0 Å². The summed E-state index contributed by atoms with van der Waals surface area (Å²) in [5.74, 6) is 2.19. The number of hydrogen-bond donors (Lipinski definition) is 1. The standard InChI is InChI=1S/C18H14N4O/c1-3-14-5-4-6-15(11-14)19-18(23)17-12-22(21-20-17)16-9-7-13(2)8-10-16/h1,4-12H,2H3,(H,19,23). The van der Waals surface area contributed by atoms with Crippen LogP contribution in [0.2, 0.25) is 0 Å². The summed E-state index contributed by atoms with van der Waals surface area (Å²) in [7, 11) is 0. The fourth-order valence-electron chi connectivity index (χ4n) is 2.07. The lowest BCUT2D eigenvalue weighted by Crippen LogP contribution is -2.12. The molecule has 1 N–H and O–H groups in total. The van der Waals surface area contributed by atoms with Crippen LogP contribution in [0.5, 0.6) is 0 Å². The molecule has 2 aromatic carbocycles. The van der Waals surface area contributed by atoms with E-state index in [1.807, 2.05) is 31.2 Å². The van der Waals surface area contributed by atoms with Gasteiger partial charge >= 0.3 is 0 Å². The van der Waals surface area contributed by atoms with E-state index in [4.69, 9.17) is 6.42 Å². The van der Waals surface area contributed by atoms with E-state index < -0.39 is 0 Å². The molecule has 5 nitrogen and oxygen atoms in total. The molecule has 0 aliphatic carbocycles. The lowest BCUT2D eigenvalue weighted by Gasteiger charge is -2.03. The largest absolute Gasteiger partial charge is 0.321 e. The topological polar surface area (TPSA) is 59.8 Å². The zero-order chi connectivity index (χ0) is 16.2. The van der Waals surface area contributed by atoms with E-state index >= 15 is 0 Å². The first kappa shape index (κ1) is 14.5. The van der Waals surface area contributed by atoms with Gasteiger partial charge in [-0.1, -0.05) is 34.9 Å². The van der Waals surface area contributed by atoms with Gasteiger partial charge in [0.05, 0.1) is 11.9 Å². The second kappa shape index (κ2) is 6.16. The molecule has 0 unspecified atom stereocenters. The first-order valence-electron chi connectivity index (χ1n) is 7.03. The molecule has 1 aromatic heterocycles. The van der Waals surface area contributed by atoms with Crippen molar-refractivity contribution in [2.75, 3.05) is 5.32 Å². The van der Waals surface area contributed by atoms with E-state index in [0.29, 0.717) is 11.3 Å². The highest BCUT2D eigenvalue weighted by atomic mass is 16.2. The molecule has 0 fully saturated rings. The Hall–Kier alpha value is -3.39. The fourth-order valence-corrected chi connectivity index (χ4v) is 2.07.